The smallest absolute Gasteiger partial charge is 0.255 e. The van der Waals surface area contributed by atoms with Gasteiger partial charge in [0, 0.05) is 24.0 Å². The second-order valence-corrected chi connectivity index (χ2v) is 7.26. The number of carbonyl (C=O) groups is 2. The van der Waals surface area contributed by atoms with Crippen molar-refractivity contribution in [2.75, 3.05) is 20.3 Å². The summed E-state index contributed by atoms with van der Waals surface area (Å²) in [4.78, 5) is 24.6. The number of para-hydroxylation sites is 1. The van der Waals surface area contributed by atoms with Gasteiger partial charge >= 0.3 is 0 Å². The molecule has 3 unspecified atom stereocenters. The number of benzene rings is 1. The number of hydrogen-bond donors (Lipinski definition) is 2. The van der Waals surface area contributed by atoms with Crippen molar-refractivity contribution in [1.82, 2.24) is 10.6 Å². The summed E-state index contributed by atoms with van der Waals surface area (Å²) >= 11 is 0. The monoisotopic (exact) mass is 344 g/mol. The van der Waals surface area contributed by atoms with E-state index in [9.17, 15) is 9.59 Å². The Morgan fingerprint density at radius 3 is 2.84 bits per heavy atom. The number of carbonyl (C=O) groups excluding carboxylic acids is 2. The molecule has 134 valence electrons. The highest BCUT2D eigenvalue weighted by molar-refractivity contribution is 5.98. The Morgan fingerprint density at radius 2 is 2.12 bits per heavy atom. The second-order valence-electron chi connectivity index (χ2n) is 7.26. The van der Waals surface area contributed by atoms with Crippen LogP contribution in [0, 0.1) is 11.3 Å². The zero-order chi connectivity index (χ0) is 17.4. The van der Waals surface area contributed by atoms with Gasteiger partial charge in [-0.1, -0.05) is 18.6 Å². The fraction of sp³-hybridized carbons (Fsp3) is 0.579. The van der Waals surface area contributed by atoms with Crippen molar-refractivity contribution >= 4 is 11.8 Å². The third-order valence-electron chi connectivity index (χ3n) is 6.11. The van der Waals surface area contributed by atoms with Gasteiger partial charge < -0.3 is 20.1 Å². The number of ether oxygens (including phenoxy) is 2. The molecule has 1 aliphatic heterocycles. The average Bonchev–Trinajstić information content (AvgIpc) is 3.01. The highest BCUT2D eigenvalue weighted by atomic mass is 16.5. The lowest BCUT2D eigenvalue weighted by Gasteiger charge is -2.63. The second kappa shape index (κ2) is 6.33. The average molecular weight is 344 g/mol. The molecular formula is C19H24N2O4. The first kappa shape index (κ1) is 16.4. The van der Waals surface area contributed by atoms with Crippen molar-refractivity contribution in [3.05, 3.63) is 29.8 Å². The predicted octanol–water partition coefficient (Wildman–Crippen LogP) is 1.50. The Balaban J connectivity index is 1.33. The van der Waals surface area contributed by atoms with Gasteiger partial charge in [-0.2, -0.15) is 0 Å². The molecule has 4 rings (SSSR count). The predicted molar refractivity (Wildman–Crippen MR) is 91.4 cm³/mol. The minimum absolute atomic E-state index is 0.0261. The van der Waals surface area contributed by atoms with Gasteiger partial charge in [0.25, 0.3) is 5.91 Å². The van der Waals surface area contributed by atoms with Gasteiger partial charge in [-0.3, -0.25) is 9.59 Å². The van der Waals surface area contributed by atoms with Gasteiger partial charge in [-0.05, 0) is 31.4 Å². The molecular weight excluding hydrogens is 320 g/mol. The summed E-state index contributed by atoms with van der Waals surface area (Å²) in [5.74, 6) is 0.499. The molecule has 2 aliphatic carbocycles. The number of rotatable bonds is 5. The maximum Gasteiger partial charge on any atom is 0.255 e. The van der Waals surface area contributed by atoms with E-state index >= 15 is 0 Å². The highest BCUT2D eigenvalue weighted by Gasteiger charge is 2.66. The van der Waals surface area contributed by atoms with Crippen LogP contribution in [0.5, 0.6) is 5.75 Å². The molecule has 1 aromatic rings. The van der Waals surface area contributed by atoms with Crippen molar-refractivity contribution < 1.29 is 19.1 Å². The van der Waals surface area contributed by atoms with Crippen LogP contribution < -0.4 is 15.4 Å². The molecule has 6 heteroatoms. The molecule has 6 nitrogen and oxygen atoms in total. The maximum atomic E-state index is 12.4. The minimum atomic E-state index is -0.304. The van der Waals surface area contributed by atoms with Crippen molar-refractivity contribution in [2.45, 2.75) is 37.8 Å². The van der Waals surface area contributed by atoms with Crippen LogP contribution in [-0.4, -0.2) is 44.2 Å². The SMILES string of the molecule is COc1ccccc1C(=O)NCC(=O)NC1C2CCOC2C12CCC2. The van der Waals surface area contributed by atoms with Crippen LogP contribution in [0.1, 0.15) is 36.0 Å². The van der Waals surface area contributed by atoms with Crippen molar-refractivity contribution in [3.8, 4) is 5.75 Å². The first-order valence-electron chi connectivity index (χ1n) is 8.98. The number of methoxy groups -OCH3 is 1. The number of amides is 2. The topological polar surface area (TPSA) is 76.7 Å². The summed E-state index contributed by atoms with van der Waals surface area (Å²) in [5, 5.41) is 5.84. The summed E-state index contributed by atoms with van der Waals surface area (Å²) in [7, 11) is 1.52. The molecule has 0 aromatic heterocycles. The van der Waals surface area contributed by atoms with Gasteiger partial charge in [-0.15, -0.1) is 0 Å². The number of hydrogen-bond acceptors (Lipinski definition) is 4. The van der Waals surface area contributed by atoms with Crippen LogP contribution in [-0.2, 0) is 9.53 Å². The Bertz CT molecular complexity index is 686. The van der Waals surface area contributed by atoms with Gasteiger partial charge in [0.1, 0.15) is 5.75 Å². The van der Waals surface area contributed by atoms with Crippen LogP contribution in [0.15, 0.2) is 24.3 Å². The van der Waals surface area contributed by atoms with Crippen LogP contribution in [0.3, 0.4) is 0 Å². The van der Waals surface area contributed by atoms with Gasteiger partial charge in [0.15, 0.2) is 0 Å². The Hall–Kier alpha value is -2.08. The fourth-order valence-corrected chi connectivity index (χ4v) is 4.77. The number of fused-ring (bicyclic) bond motifs is 2. The molecule has 1 spiro atoms. The minimum Gasteiger partial charge on any atom is -0.496 e. The molecule has 2 saturated carbocycles. The zero-order valence-corrected chi connectivity index (χ0v) is 14.4. The maximum absolute atomic E-state index is 12.4. The van der Waals surface area contributed by atoms with Crippen LogP contribution >= 0.6 is 0 Å². The van der Waals surface area contributed by atoms with Crippen molar-refractivity contribution in [3.63, 3.8) is 0 Å². The van der Waals surface area contributed by atoms with Gasteiger partial charge in [-0.25, -0.2) is 0 Å². The van der Waals surface area contributed by atoms with E-state index in [1.54, 1.807) is 24.3 Å². The van der Waals surface area contributed by atoms with E-state index in [1.165, 1.54) is 13.5 Å². The van der Waals surface area contributed by atoms with Crippen molar-refractivity contribution in [1.29, 1.82) is 0 Å². The normalized spacial score (nSPS) is 28.4. The van der Waals surface area contributed by atoms with E-state index in [2.05, 4.69) is 10.6 Å². The summed E-state index contributed by atoms with van der Waals surface area (Å²) in [5.41, 5.74) is 0.588. The number of nitrogens with one attached hydrogen (secondary N) is 2. The first-order valence-corrected chi connectivity index (χ1v) is 8.98. The molecule has 25 heavy (non-hydrogen) atoms. The molecule has 2 N–H and O–H groups in total. The lowest BCUT2D eigenvalue weighted by Crippen LogP contribution is -2.72. The molecule has 1 heterocycles. The molecule has 0 bridgehead atoms. The molecule has 0 radical (unpaired) electrons. The fourth-order valence-electron chi connectivity index (χ4n) is 4.77. The molecule has 1 saturated heterocycles. The standard InChI is InChI=1S/C19H24N2O4/c1-24-14-6-3-2-5-12(14)18(23)20-11-15(22)21-16-13-7-10-25-17(13)19(16)8-4-9-19/h2-3,5-6,13,16-17H,4,7-11H2,1H3,(H,20,23)(H,21,22). The summed E-state index contributed by atoms with van der Waals surface area (Å²) in [6, 6.07) is 7.18. The van der Waals surface area contributed by atoms with E-state index in [1.807, 2.05) is 0 Å². The third-order valence-corrected chi connectivity index (χ3v) is 6.11. The Kier molecular flexibility index (Phi) is 4.15. The summed E-state index contributed by atoms with van der Waals surface area (Å²) < 4.78 is 11.1. The molecule has 1 aromatic carbocycles. The summed E-state index contributed by atoms with van der Waals surface area (Å²) in [6.45, 7) is 0.774. The van der Waals surface area contributed by atoms with Gasteiger partial charge in [0.05, 0.1) is 25.3 Å². The molecule has 2 amide bonds. The molecule has 3 aliphatic rings. The molecule has 3 fully saturated rings. The van der Waals surface area contributed by atoms with E-state index in [4.69, 9.17) is 9.47 Å². The van der Waals surface area contributed by atoms with E-state index in [0.717, 1.165) is 25.9 Å². The van der Waals surface area contributed by atoms with E-state index in [0.29, 0.717) is 23.3 Å². The Labute approximate surface area is 147 Å². The molecule has 3 atom stereocenters. The van der Waals surface area contributed by atoms with E-state index in [-0.39, 0.29) is 29.8 Å². The van der Waals surface area contributed by atoms with Crippen LogP contribution in [0.25, 0.3) is 0 Å². The lowest BCUT2D eigenvalue weighted by atomic mass is 9.46. The van der Waals surface area contributed by atoms with Gasteiger partial charge in [0.2, 0.25) is 5.91 Å². The quantitative estimate of drug-likeness (QED) is 0.849. The summed E-state index contributed by atoms with van der Waals surface area (Å²) in [6.07, 6.45) is 4.82. The lowest BCUT2D eigenvalue weighted by molar-refractivity contribution is -0.178. The third kappa shape index (κ3) is 2.59. The van der Waals surface area contributed by atoms with E-state index < -0.39 is 0 Å². The highest BCUT2D eigenvalue weighted by Crippen LogP contribution is 2.62. The van der Waals surface area contributed by atoms with Crippen molar-refractivity contribution in [2.24, 2.45) is 11.3 Å². The largest absolute Gasteiger partial charge is 0.496 e. The Morgan fingerprint density at radius 1 is 1.32 bits per heavy atom. The van der Waals surface area contributed by atoms with Crippen LogP contribution in [0.4, 0.5) is 0 Å². The zero-order valence-electron chi connectivity index (χ0n) is 14.4. The van der Waals surface area contributed by atoms with Crippen LogP contribution in [0.2, 0.25) is 0 Å². The first-order chi connectivity index (χ1) is 12.2.